The average molecular weight is 331 g/mol. The third-order valence-corrected chi connectivity index (χ3v) is 6.85. The average Bonchev–Trinajstić information content (AvgIpc) is 3.06. The van der Waals surface area contributed by atoms with Crippen LogP contribution in [0.2, 0.25) is 0 Å². The zero-order valence-corrected chi connectivity index (χ0v) is 15.1. The molecule has 2 heterocycles. The van der Waals surface area contributed by atoms with Gasteiger partial charge in [0.15, 0.2) is 0 Å². The lowest BCUT2D eigenvalue weighted by Crippen LogP contribution is -2.40. The molecule has 0 atom stereocenters. The fourth-order valence-corrected chi connectivity index (χ4v) is 5.38. The van der Waals surface area contributed by atoms with E-state index in [-0.39, 0.29) is 0 Å². The summed E-state index contributed by atoms with van der Waals surface area (Å²) in [5.41, 5.74) is 3.08. The Balaban J connectivity index is 1.23. The molecular formula is C20H30N2S. The molecule has 0 bridgehead atoms. The van der Waals surface area contributed by atoms with Gasteiger partial charge in [0, 0.05) is 37.7 Å². The molecule has 3 fully saturated rings. The van der Waals surface area contributed by atoms with Gasteiger partial charge < -0.3 is 4.90 Å². The van der Waals surface area contributed by atoms with Crippen molar-refractivity contribution in [1.82, 2.24) is 9.80 Å². The Morgan fingerprint density at radius 2 is 1.57 bits per heavy atom. The number of hydrogen-bond acceptors (Lipinski definition) is 3. The first-order valence-corrected chi connectivity index (χ1v) is 10.6. The molecule has 2 nitrogen and oxygen atoms in total. The predicted octanol–water partition coefficient (Wildman–Crippen LogP) is 3.82. The Hall–Kier alpha value is -0.510. The Bertz CT molecular complexity index is 483. The van der Waals surface area contributed by atoms with E-state index in [4.69, 9.17) is 0 Å². The van der Waals surface area contributed by atoms with Crippen molar-refractivity contribution in [3.05, 3.63) is 35.4 Å². The SMILES string of the molecule is c1cc([C@H]2C[C@H](CN3CCSCC3)C2)ccc1CN1CCCC1. The van der Waals surface area contributed by atoms with Gasteiger partial charge in [-0.15, -0.1) is 0 Å². The molecule has 126 valence electrons. The summed E-state index contributed by atoms with van der Waals surface area (Å²) in [6.45, 7) is 7.72. The van der Waals surface area contributed by atoms with Crippen LogP contribution in [0.3, 0.4) is 0 Å². The second kappa shape index (κ2) is 7.58. The molecule has 1 aromatic rings. The minimum absolute atomic E-state index is 0.833. The Morgan fingerprint density at radius 3 is 2.26 bits per heavy atom. The highest BCUT2D eigenvalue weighted by Gasteiger charge is 2.31. The van der Waals surface area contributed by atoms with Crippen molar-refractivity contribution in [3.63, 3.8) is 0 Å². The molecule has 0 spiro atoms. The van der Waals surface area contributed by atoms with E-state index >= 15 is 0 Å². The summed E-state index contributed by atoms with van der Waals surface area (Å²) in [7, 11) is 0. The molecule has 3 aliphatic rings. The smallest absolute Gasteiger partial charge is 0.0233 e. The first kappa shape index (κ1) is 16.0. The minimum Gasteiger partial charge on any atom is -0.301 e. The van der Waals surface area contributed by atoms with E-state index in [0.717, 1.165) is 18.4 Å². The molecule has 23 heavy (non-hydrogen) atoms. The molecule has 1 aliphatic carbocycles. The van der Waals surface area contributed by atoms with Crippen LogP contribution >= 0.6 is 11.8 Å². The van der Waals surface area contributed by atoms with Crippen LogP contribution in [0.15, 0.2) is 24.3 Å². The molecule has 0 radical (unpaired) electrons. The monoisotopic (exact) mass is 330 g/mol. The number of hydrogen-bond donors (Lipinski definition) is 0. The molecule has 0 unspecified atom stereocenters. The van der Waals surface area contributed by atoms with E-state index < -0.39 is 0 Å². The lowest BCUT2D eigenvalue weighted by Gasteiger charge is -2.40. The van der Waals surface area contributed by atoms with E-state index in [0.29, 0.717) is 0 Å². The number of benzene rings is 1. The van der Waals surface area contributed by atoms with Crippen molar-refractivity contribution in [2.24, 2.45) is 5.92 Å². The number of nitrogens with zero attached hydrogens (tertiary/aromatic N) is 2. The summed E-state index contributed by atoms with van der Waals surface area (Å²) in [4.78, 5) is 5.28. The van der Waals surface area contributed by atoms with Crippen molar-refractivity contribution in [2.45, 2.75) is 38.1 Å². The van der Waals surface area contributed by atoms with E-state index in [1.54, 1.807) is 5.56 Å². The van der Waals surface area contributed by atoms with Crippen molar-refractivity contribution < 1.29 is 0 Å². The zero-order valence-electron chi connectivity index (χ0n) is 14.3. The first-order chi connectivity index (χ1) is 11.4. The fraction of sp³-hybridized carbons (Fsp3) is 0.700. The van der Waals surface area contributed by atoms with Crippen LogP contribution in [0.5, 0.6) is 0 Å². The van der Waals surface area contributed by atoms with Crippen molar-refractivity contribution >= 4 is 11.8 Å². The zero-order chi connectivity index (χ0) is 15.5. The van der Waals surface area contributed by atoms with Crippen LogP contribution in [0.1, 0.15) is 42.7 Å². The van der Waals surface area contributed by atoms with Gasteiger partial charge >= 0.3 is 0 Å². The largest absolute Gasteiger partial charge is 0.301 e. The van der Waals surface area contributed by atoms with Crippen LogP contribution in [0.25, 0.3) is 0 Å². The lowest BCUT2D eigenvalue weighted by molar-refractivity contribution is 0.168. The topological polar surface area (TPSA) is 6.48 Å². The summed E-state index contributed by atoms with van der Waals surface area (Å²) in [6, 6.07) is 9.57. The standard InChI is InChI=1S/C20H30N2S/c1-2-8-21(7-1)15-17-3-5-19(6-4-17)20-13-18(14-20)16-22-9-11-23-12-10-22/h3-6,18,20H,1-2,7-16H2/t18-,20-. The number of thioether (sulfide) groups is 1. The molecule has 2 saturated heterocycles. The van der Waals surface area contributed by atoms with E-state index in [2.05, 4.69) is 45.8 Å². The lowest BCUT2D eigenvalue weighted by atomic mass is 9.71. The highest BCUT2D eigenvalue weighted by atomic mass is 32.2. The summed E-state index contributed by atoms with van der Waals surface area (Å²) in [5, 5.41) is 0. The van der Waals surface area contributed by atoms with Gasteiger partial charge in [-0.3, -0.25) is 4.90 Å². The molecule has 4 rings (SSSR count). The van der Waals surface area contributed by atoms with Crippen LogP contribution < -0.4 is 0 Å². The van der Waals surface area contributed by atoms with Gasteiger partial charge in [-0.25, -0.2) is 0 Å². The Labute approximate surface area is 145 Å². The second-order valence-electron chi connectivity index (χ2n) is 7.67. The van der Waals surface area contributed by atoms with E-state index in [1.807, 2.05) is 0 Å². The summed E-state index contributed by atoms with van der Waals surface area (Å²) < 4.78 is 0. The van der Waals surface area contributed by atoms with Crippen LogP contribution in [0, 0.1) is 5.92 Å². The van der Waals surface area contributed by atoms with Crippen molar-refractivity contribution in [2.75, 3.05) is 44.2 Å². The molecule has 1 saturated carbocycles. The first-order valence-electron chi connectivity index (χ1n) is 9.48. The van der Waals surface area contributed by atoms with E-state index in [9.17, 15) is 0 Å². The van der Waals surface area contributed by atoms with Gasteiger partial charge in [-0.2, -0.15) is 11.8 Å². The molecule has 1 aromatic carbocycles. The van der Waals surface area contributed by atoms with Gasteiger partial charge in [0.05, 0.1) is 0 Å². The number of likely N-dealkylation sites (tertiary alicyclic amines) is 1. The van der Waals surface area contributed by atoms with Crippen LogP contribution in [-0.2, 0) is 6.54 Å². The summed E-state index contributed by atoms with van der Waals surface area (Å²) in [6.07, 6.45) is 5.60. The van der Waals surface area contributed by atoms with Gasteiger partial charge in [-0.05, 0) is 61.7 Å². The predicted molar refractivity (Wildman–Crippen MR) is 100 cm³/mol. The maximum Gasteiger partial charge on any atom is 0.0233 e. The second-order valence-corrected chi connectivity index (χ2v) is 8.90. The summed E-state index contributed by atoms with van der Waals surface area (Å²) >= 11 is 2.12. The molecular weight excluding hydrogens is 300 g/mol. The number of rotatable bonds is 5. The van der Waals surface area contributed by atoms with Gasteiger partial charge in [-0.1, -0.05) is 24.3 Å². The van der Waals surface area contributed by atoms with Crippen molar-refractivity contribution in [3.8, 4) is 0 Å². The quantitative estimate of drug-likeness (QED) is 0.810. The Kier molecular flexibility index (Phi) is 5.27. The molecule has 0 N–H and O–H groups in total. The molecule has 3 heteroatoms. The molecule has 0 amide bonds. The normalized spacial score (nSPS) is 29.6. The highest BCUT2D eigenvalue weighted by molar-refractivity contribution is 7.99. The van der Waals surface area contributed by atoms with Crippen LogP contribution in [-0.4, -0.2) is 54.0 Å². The molecule has 2 aliphatic heterocycles. The van der Waals surface area contributed by atoms with Gasteiger partial charge in [0.25, 0.3) is 0 Å². The highest BCUT2D eigenvalue weighted by Crippen LogP contribution is 2.42. The minimum atomic E-state index is 0.833. The van der Waals surface area contributed by atoms with E-state index in [1.165, 1.54) is 75.5 Å². The fourth-order valence-electron chi connectivity index (χ4n) is 4.40. The third-order valence-electron chi connectivity index (χ3n) is 5.91. The Morgan fingerprint density at radius 1 is 0.870 bits per heavy atom. The van der Waals surface area contributed by atoms with Crippen molar-refractivity contribution in [1.29, 1.82) is 0 Å². The van der Waals surface area contributed by atoms with Crippen LogP contribution in [0.4, 0.5) is 0 Å². The maximum absolute atomic E-state index is 2.69. The maximum atomic E-state index is 2.69. The summed E-state index contributed by atoms with van der Waals surface area (Å²) in [5.74, 6) is 4.47. The third kappa shape index (κ3) is 4.12. The van der Waals surface area contributed by atoms with Gasteiger partial charge in [0.1, 0.15) is 0 Å². The van der Waals surface area contributed by atoms with Gasteiger partial charge in [0.2, 0.25) is 0 Å². The molecule has 0 aromatic heterocycles.